The van der Waals surface area contributed by atoms with Gasteiger partial charge in [-0.05, 0) is 13.8 Å². The van der Waals surface area contributed by atoms with Crippen molar-refractivity contribution in [1.29, 1.82) is 0 Å². The predicted octanol–water partition coefficient (Wildman–Crippen LogP) is 0.0297. The van der Waals surface area contributed by atoms with Crippen molar-refractivity contribution in [2.75, 3.05) is 13.7 Å². The van der Waals surface area contributed by atoms with Gasteiger partial charge in [0.2, 0.25) is 0 Å². The number of aliphatic hydroxyl groups excluding tert-OH is 1. The van der Waals surface area contributed by atoms with Crippen molar-refractivity contribution in [1.82, 2.24) is 0 Å². The number of methoxy groups -OCH3 is 1. The summed E-state index contributed by atoms with van der Waals surface area (Å²) in [5, 5.41) is 8.80. The Hall–Kier alpha value is -1.36. The Kier molecular flexibility index (Phi) is 5.55. The van der Waals surface area contributed by atoms with Gasteiger partial charge in [-0.15, -0.1) is 0 Å². The second kappa shape index (κ2) is 6.15. The van der Waals surface area contributed by atoms with Crippen LogP contribution in [-0.2, 0) is 19.1 Å². The third-order valence-electron chi connectivity index (χ3n) is 1.31. The third-order valence-corrected chi connectivity index (χ3v) is 1.31. The van der Waals surface area contributed by atoms with Crippen molar-refractivity contribution in [3.05, 3.63) is 11.6 Å². The molecule has 0 spiro atoms. The second-order valence-corrected chi connectivity index (χ2v) is 2.80. The SMILES string of the molecule is COC(=O)/C(C)=C\C(=O)OCC(C)O. The minimum atomic E-state index is -0.717. The van der Waals surface area contributed by atoms with Gasteiger partial charge in [0, 0.05) is 11.6 Å². The normalized spacial score (nSPS) is 13.3. The Labute approximate surface area is 82.3 Å². The number of ether oxygens (including phenoxy) is 2. The molecule has 5 nitrogen and oxygen atoms in total. The molecule has 1 N–H and O–H groups in total. The predicted molar refractivity (Wildman–Crippen MR) is 48.4 cm³/mol. The number of carbonyl (C=O) groups is 2. The highest BCUT2D eigenvalue weighted by atomic mass is 16.5. The Morgan fingerprint density at radius 1 is 1.50 bits per heavy atom. The average molecular weight is 202 g/mol. The molecule has 14 heavy (non-hydrogen) atoms. The third kappa shape index (κ3) is 5.31. The van der Waals surface area contributed by atoms with Crippen LogP contribution in [0.1, 0.15) is 13.8 Å². The molecule has 0 aliphatic rings. The first-order valence-corrected chi connectivity index (χ1v) is 4.08. The van der Waals surface area contributed by atoms with E-state index in [2.05, 4.69) is 9.47 Å². The van der Waals surface area contributed by atoms with E-state index < -0.39 is 18.0 Å². The van der Waals surface area contributed by atoms with E-state index in [0.29, 0.717) is 0 Å². The molecular weight excluding hydrogens is 188 g/mol. The first-order valence-electron chi connectivity index (χ1n) is 4.08. The van der Waals surface area contributed by atoms with Crippen LogP contribution in [0.5, 0.6) is 0 Å². The lowest BCUT2D eigenvalue weighted by atomic mass is 10.3. The van der Waals surface area contributed by atoms with Crippen LogP contribution >= 0.6 is 0 Å². The molecule has 1 unspecified atom stereocenters. The van der Waals surface area contributed by atoms with Crippen LogP contribution in [0.3, 0.4) is 0 Å². The van der Waals surface area contributed by atoms with Gasteiger partial charge >= 0.3 is 11.9 Å². The maximum absolute atomic E-state index is 11.0. The van der Waals surface area contributed by atoms with E-state index in [-0.39, 0.29) is 12.2 Å². The fourth-order valence-corrected chi connectivity index (χ4v) is 0.641. The van der Waals surface area contributed by atoms with Crippen LogP contribution < -0.4 is 0 Å². The lowest BCUT2D eigenvalue weighted by molar-refractivity contribution is -0.141. The van der Waals surface area contributed by atoms with Crippen LogP contribution in [-0.4, -0.2) is 36.9 Å². The molecule has 0 aliphatic carbocycles. The number of esters is 2. The smallest absolute Gasteiger partial charge is 0.333 e. The highest BCUT2D eigenvalue weighted by Gasteiger charge is 2.07. The fraction of sp³-hybridized carbons (Fsp3) is 0.556. The van der Waals surface area contributed by atoms with Gasteiger partial charge in [-0.1, -0.05) is 0 Å². The minimum absolute atomic E-state index is 0.0935. The molecule has 0 saturated carbocycles. The molecule has 1 atom stereocenters. The van der Waals surface area contributed by atoms with Crippen LogP contribution in [0.15, 0.2) is 11.6 Å². The molecule has 0 radical (unpaired) electrons. The Morgan fingerprint density at radius 3 is 2.50 bits per heavy atom. The van der Waals surface area contributed by atoms with Gasteiger partial charge in [0.15, 0.2) is 0 Å². The van der Waals surface area contributed by atoms with Gasteiger partial charge in [0.25, 0.3) is 0 Å². The number of rotatable bonds is 4. The maximum atomic E-state index is 11.0. The first-order chi connectivity index (χ1) is 6.47. The van der Waals surface area contributed by atoms with Gasteiger partial charge < -0.3 is 14.6 Å². The summed E-state index contributed by atoms with van der Waals surface area (Å²) in [6.07, 6.45) is 0.305. The van der Waals surface area contributed by atoms with Gasteiger partial charge in [-0.2, -0.15) is 0 Å². The van der Waals surface area contributed by atoms with Crippen molar-refractivity contribution in [2.45, 2.75) is 20.0 Å². The second-order valence-electron chi connectivity index (χ2n) is 2.80. The highest BCUT2D eigenvalue weighted by Crippen LogP contribution is 1.96. The molecule has 0 aromatic heterocycles. The summed E-state index contributed by atoms with van der Waals surface area (Å²) in [6.45, 7) is 2.84. The zero-order valence-corrected chi connectivity index (χ0v) is 8.44. The molecular formula is C9H14O5. The summed E-state index contributed by atoms with van der Waals surface area (Å²) in [4.78, 5) is 21.8. The van der Waals surface area contributed by atoms with Gasteiger partial charge in [0.05, 0.1) is 13.2 Å². The van der Waals surface area contributed by atoms with E-state index >= 15 is 0 Å². The van der Waals surface area contributed by atoms with Crippen molar-refractivity contribution >= 4 is 11.9 Å². The molecule has 80 valence electrons. The summed E-state index contributed by atoms with van der Waals surface area (Å²) < 4.78 is 8.97. The van der Waals surface area contributed by atoms with E-state index in [9.17, 15) is 9.59 Å². The average Bonchev–Trinajstić information content (AvgIpc) is 2.13. The first kappa shape index (κ1) is 12.6. The molecule has 5 heteroatoms. The Bertz CT molecular complexity index is 242. The van der Waals surface area contributed by atoms with Crippen LogP contribution in [0.25, 0.3) is 0 Å². The number of aliphatic hydroxyl groups is 1. The van der Waals surface area contributed by atoms with E-state index in [1.807, 2.05) is 0 Å². The number of hydrogen-bond donors (Lipinski definition) is 1. The van der Waals surface area contributed by atoms with E-state index in [0.717, 1.165) is 6.08 Å². The summed E-state index contributed by atoms with van der Waals surface area (Å²) in [5.74, 6) is -1.26. The fourth-order valence-electron chi connectivity index (χ4n) is 0.641. The highest BCUT2D eigenvalue weighted by molar-refractivity contribution is 5.95. The Balaban J connectivity index is 4.09. The molecule has 0 aliphatic heterocycles. The quantitative estimate of drug-likeness (QED) is 0.514. The zero-order chi connectivity index (χ0) is 11.1. The lowest BCUT2D eigenvalue weighted by Crippen LogP contribution is -2.14. The summed E-state index contributed by atoms with van der Waals surface area (Å²) in [5.41, 5.74) is 0.156. The van der Waals surface area contributed by atoms with Crippen molar-refractivity contribution in [2.24, 2.45) is 0 Å². The number of carbonyl (C=O) groups excluding carboxylic acids is 2. The minimum Gasteiger partial charge on any atom is -0.466 e. The van der Waals surface area contributed by atoms with Gasteiger partial charge in [0.1, 0.15) is 6.61 Å². The molecule has 0 saturated heterocycles. The summed E-state index contributed by atoms with van der Waals surface area (Å²) in [7, 11) is 1.22. The largest absolute Gasteiger partial charge is 0.466 e. The topological polar surface area (TPSA) is 72.8 Å². The van der Waals surface area contributed by atoms with Crippen molar-refractivity contribution in [3.8, 4) is 0 Å². The monoisotopic (exact) mass is 202 g/mol. The molecule has 0 fully saturated rings. The molecule has 0 rings (SSSR count). The molecule has 0 aromatic carbocycles. The van der Waals surface area contributed by atoms with Crippen LogP contribution in [0.2, 0.25) is 0 Å². The van der Waals surface area contributed by atoms with Crippen molar-refractivity contribution in [3.63, 3.8) is 0 Å². The van der Waals surface area contributed by atoms with E-state index in [1.54, 1.807) is 0 Å². The van der Waals surface area contributed by atoms with Crippen molar-refractivity contribution < 1.29 is 24.2 Å². The number of hydrogen-bond acceptors (Lipinski definition) is 5. The molecule has 0 bridgehead atoms. The lowest BCUT2D eigenvalue weighted by Gasteiger charge is -2.04. The van der Waals surface area contributed by atoms with Gasteiger partial charge in [-0.25, -0.2) is 9.59 Å². The molecule has 0 aromatic rings. The summed E-state index contributed by atoms with van der Waals surface area (Å²) in [6, 6.07) is 0. The van der Waals surface area contributed by atoms with E-state index in [4.69, 9.17) is 5.11 Å². The van der Waals surface area contributed by atoms with Crippen LogP contribution in [0, 0.1) is 0 Å². The zero-order valence-electron chi connectivity index (χ0n) is 8.44. The maximum Gasteiger partial charge on any atom is 0.333 e. The Morgan fingerprint density at radius 2 is 2.07 bits per heavy atom. The summed E-state index contributed by atoms with van der Waals surface area (Å²) >= 11 is 0. The standard InChI is InChI=1S/C9H14O5/c1-6(9(12)13-3)4-8(11)14-5-7(2)10/h4,7,10H,5H2,1-3H3/b6-4-. The molecule has 0 heterocycles. The van der Waals surface area contributed by atoms with Crippen LogP contribution in [0.4, 0.5) is 0 Å². The van der Waals surface area contributed by atoms with E-state index in [1.165, 1.54) is 21.0 Å². The molecule has 0 amide bonds. The van der Waals surface area contributed by atoms with Gasteiger partial charge in [-0.3, -0.25) is 0 Å².